The molecule has 0 saturated heterocycles. The van der Waals surface area contributed by atoms with Gasteiger partial charge in [0, 0.05) is 32.4 Å². The van der Waals surface area contributed by atoms with Crippen molar-refractivity contribution in [2.45, 2.75) is 33.4 Å². The Labute approximate surface area is 179 Å². The molecule has 5 rings (SSSR count). The lowest BCUT2D eigenvalue weighted by Gasteiger charge is -2.19. The molecule has 0 amide bonds. The molecule has 0 N–H and O–H groups in total. The van der Waals surface area contributed by atoms with Gasteiger partial charge in [0.05, 0.1) is 0 Å². The van der Waals surface area contributed by atoms with E-state index in [9.17, 15) is 9.59 Å². The molecule has 0 radical (unpaired) electrons. The van der Waals surface area contributed by atoms with Crippen LogP contribution in [0.4, 0.5) is 11.6 Å². The van der Waals surface area contributed by atoms with E-state index in [1.165, 1.54) is 14.7 Å². The van der Waals surface area contributed by atoms with Crippen LogP contribution in [0, 0.1) is 13.8 Å². The molecular weight excluding hydrogens is 390 g/mol. The van der Waals surface area contributed by atoms with Crippen LogP contribution >= 0.6 is 0 Å². The van der Waals surface area contributed by atoms with E-state index in [0.717, 1.165) is 29.3 Å². The highest BCUT2D eigenvalue weighted by Crippen LogP contribution is 2.34. The van der Waals surface area contributed by atoms with Crippen molar-refractivity contribution in [2.75, 3.05) is 11.4 Å². The van der Waals surface area contributed by atoms with Gasteiger partial charge in [-0.25, -0.2) is 4.79 Å². The Kier molecular flexibility index (Phi) is 4.54. The molecule has 2 aromatic heterocycles. The van der Waals surface area contributed by atoms with Crippen molar-refractivity contribution in [3.8, 4) is 0 Å². The van der Waals surface area contributed by atoms with Crippen LogP contribution in [0.3, 0.4) is 0 Å². The molecule has 0 spiro atoms. The Morgan fingerprint density at radius 3 is 2.55 bits per heavy atom. The molecule has 7 heteroatoms. The average molecular weight is 415 g/mol. The second kappa shape index (κ2) is 7.27. The summed E-state index contributed by atoms with van der Waals surface area (Å²) in [6.07, 6.45) is 0.622. The van der Waals surface area contributed by atoms with Gasteiger partial charge in [0.25, 0.3) is 5.56 Å². The summed E-state index contributed by atoms with van der Waals surface area (Å²) >= 11 is 0. The molecule has 0 aliphatic carbocycles. The topological polar surface area (TPSA) is 65.1 Å². The maximum Gasteiger partial charge on any atom is 0.332 e. The van der Waals surface area contributed by atoms with Gasteiger partial charge in [-0.15, -0.1) is 0 Å². The summed E-state index contributed by atoms with van der Waals surface area (Å²) in [5, 5.41) is 0. The predicted octanol–water partition coefficient (Wildman–Crippen LogP) is 2.91. The third-order valence-corrected chi connectivity index (χ3v) is 6.12. The van der Waals surface area contributed by atoms with E-state index in [2.05, 4.69) is 36.9 Å². The number of hydrogen-bond acceptors (Lipinski definition) is 4. The summed E-state index contributed by atoms with van der Waals surface area (Å²) in [4.78, 5) is 33.2. The fraction of sp³-hybridized carbons (Fsp3) is 0.292. The minimum Gasteiger partial charge on any atom is -0.310 e. The van der Waals surface area contributed by atoms with Crippen LogP contribution in [-0.2, 0) is 26.6 Å². The fourth-order valence-electron chi connectivity index (χ4n) is 4.40. The molecule has 158 valence electrons. The highest BCUT2D eigenvalue weighted by molar-refractivity contribution is 5.78. The van der Waals surface area contributed by atoms with Crippen LogP contribution in [0.5, 0.6) is 0 Å². The first kappa shape index (κ1) is 19.4. The highest BCUT2D eigenvalue weighted by atomic mass is 16.2. The minimum absolute atomic E-state index is 0.268. The van der Waals surface area contributed by atoms with Gasteiger partial charge in [0.15, 0.2) is 11.2 Å². The van der Waals surface area contributed by atoms with E-state index in [0.29, 0.717) is 30.7 Å². The van der Waals surface area contributed by atoms with Crippen LogP contribution < -0.4 is 16.1 Å². The Morgan fingerprint density at radius 2 is 1.77 bits per heavy atom. The third-order valence-electron chi connectivity index (χ3n) is 6.12. The smallest absolute Gasteiger partial charge is 0.310 e. The normalized spacial score (nSPS) is 13.2. The molecule has 1 aliphatic heterocycles. The monoisotopic (exact) mass is 415 g/mol. The lowest BCUT2D eigenvalue weighted by atomic mass is 10.1. The molecule has 4 aromatic rings. The van der Waals surface area contributed by atoms with Crippen LogP contribution in [0.1, 0.15) is 16.7 Å². The Bertz CT molecular complexity index is 1410. The van der Waals surface area contributed by atoms with E-state index in [4.69, 9.17) is 4.98 Å². The number of aromatic nitrogens is 4. The van der Waals surface area contributed by atoms with Gasteiger partial charge in [0.2, 0.25) is 5.95 Å². The lowest BCUT2D eigenvalue weighted by Crippen LogP contribution is -2.40. The summed E-state index contributed by atoms with van der Waals surface area (Å²) in [5.74, 6) is 0.719. The van der Waals surface area contributed by atoms with E-state index >= 15 is 0 Å². The van der Waals surface area contributed by atoms with E-state index < -0.39 is 0 Å². The predicted molar refractivity (Wildman–Crippen MR) is 122 cm³/mol. The highest BCUT2D eigenvalue weighted by Gasteiger charge is 2.29. The van der Waals surface area contributed by atoms with Crippen LogP contribution in [0.2, 0.25) is 0 Å². The van der Waals surface area contributed by atoms with Gasteiger partial charge in [-0.2, -0.15) is 4.98 Å². The molecule has 0 unspecified atom stereocenters. The first-order valence-electron chi connectivity index (χ1n) is 10.5. The lowest BCUT2D eigenvalue weighted by molar-refractivity contribution is 0.600. The van der Waals surface area contributed by atoms with Gasteiger partial charge in [0.1, 0.15) is 0 Å². The summed E-state index contributed by atoms with van der Waals surface area (Å²) in [6, 6.07) is 16.2. The quantitative estimate of drug-likeness (QED) is 0.514. The first-order chi connectivity index (χ1) is 15.0. The largest absolute Gasteiger partial charge is 0.332 e. The summed E-state index contributed by atoms with van der Waals surface area (Å²) in [6.45, 7) is 5.89. The zero-order chi connectivity index (χ0) is 21.7. The number of imidazole rings is 1. The molecule has 0 atom stereocenters. The van der Waals surface area contributed by atoms with Gasteiger partial charge < -0.3 is 9.47 Å². The SMILES string of the molecule is Cc1ccc(C)c(N2CCn3c2nc2c3c(=O)n(CCc3ccccc3)c(=O)n2C)c1. The molecule has 0 fully saturated rings. The zero-order valence-corrected chi connectivity index (χ0v) is 18.0. The Morgan fingerprint density at radius 1 is 1.00 bits per heavy atom. The van der Waals surface area contributed by atoms with Gasteiger partial charge in [-0.3, -0.25) is 13.9 Å². The summed E-state index contributed by atoms with van der Waals surface area (Å²) in [5.41, 5.74) is 4.85. The van der Waals surface area contributed by atoms with E-state index in [1.807, 2.05) is 34.9 Å². The second-order valence-corrected chi connectivity index (χ2v) is 8.21. The molecule has 0 bridgehead atoms. The number of aryl methyl sites for hydroxylation is 4. The van der Waals surface area contributed by atoms with Crippen molar-refractivity contribution in [3.05, 3.63) is 86.1 Å². The van der Waals surface area contributed by atoms with Crippen molar-refractivity contribution in [3.63, 3.8) is 0 Å². The van der Waals surface area contributed by atoms with Crippen molar-refractivity contribution >= 4 is 22.8 Å². The number of hydrogen-bond donors (Lipinski definition) is 0. The van der Waals surface area contributed by atoms with Gasteiger partial charge >= 0.3 is 5.69 Å². The van der Waals surface area contributed by atoms with Crippen molar-refractivity contribution < 1.29 is 0 Å². The van der Waals surface area contributed by atoms with E-state index in [-0.39, 0.29) is 11.2 Å². The molecule has 31 heavy (non-hydrogen) atoms. The summed E-state index contributed by atoms with van der Waals surface area (Å²) in [7, 11) is 1.69. The number of anilines is 2. The Hall–Kier alpha value is -3.61. The number of rotatable bonds is 4. The zero-order valence-electron chi connectivity index (χ0n) is 18.0. The molecular formula is C24H25N5O2. The number of fused-ring (bicyclic) bond motifs is 3. The van der Waals surface area contributed by atoms with Crippen molar-refractivity contribution in [1.82, 2.24) is 18.7 Å². The van der Waals surface area contributed by atoms with Crippen molar-refractivity contribution in [2.24, 2.45) is 7.05 Å². The number of benzene rings is 2. The van der Waals surface area contributed by atoms with Gasteiger partial charge in [-0.05, 0) is 43.0 Å². The standard InChI is InChI=1S/C24H25N5O2/c1-16-9-10-17(2)19(15-16)27-13-14-28-20-21(25-23(27)28)26(3)24(31)29(22(20)30)12-11-18-7-5-4-6-8-18/h4-10,15H,11-14H2,1-3H3. The number of nitrogens with zero attached hydrogens (tertiary/aromatic N) is 5. The Balaban J connectivity index is 1.62. The molecule has 1 aliphatic rings. The van der Waals surface area contributed by atoms with Crippen molar-refractivity contribution in [1.29, 1.82) is 0 Å². The maximum atomic E-state index is 13.4. The molecule has 0 saturated carbocycles. The van der Waals surface area contributed by atoms with Gasteiger partial charge in [-0.1, -0.05) is 42.5 Å². The molecule has 2 aromatic carbocycles. The maximum absolute atomic E-state index is 13.4. The second-order valence-electron chi connectivity index (χ2n) is 8.21. The third kappa shape index (κ3) is 3.08. The fourth-order valence-corrected chi connectivity index (χ4v) is 4.40. The summed E-state index contributed by atoms with van der Waals surface area (Å²) < 4.78 is 4.79. The minimum atomic E-state index is -0.330. The van der Waals surface area contributed by atoms with Crippen LogP contribution in [-0.4, -0.2) is 25.2 Å². The molecule has 3 heterocycles. The van der Waals surface area contributed by atoms with Crippen LogP contribution in [0.15, 0.2) is 58.1 Å². The van der Waals surface area contributed by atoms with Crippen LogP contribution in [0.25, 0.3) is 11.2 Å². The first-order valence-corrected chi connectivity index (χ1v) is 10.5. The van der Waals surface area contributed by atoms with E-state index in [1.54, 1.807) is 7.05 Å². The molecule has 7 nitrogen and oxygen atoms in total. The average Bonchev–Trinajstić information content (AvgIpc) is 3.34.